The van der Waals surface area contributed by atoms with Crippen molar-refractivity contribution in [2.75, 3.05) is 11.9 Å². The van der Waals surface area contributed by atoms with Gasteiger partial charge in [0.05, 0.1) is 17.0 Å². The van der Waals surface area contributed by atoms with E-state index < -0.39 is 0 Å². The van der Waals surface area contributed by atoms with Crippen molar-refractivity contribution in [2.45, 2.75) is 5.92 Å². The van der Waals surface area contributed by atoms with E-state index in [0.717, 1.165) is 28.4 Å². The molecular formula is C15H12ClN3. The van der Waals surface area contributed by atoms with Crippen molar-refractivity contribution in [3.63, 3.8) is 0 Å². The van der Waals surface area contributed by atoms with Gasteiger partial charge in [-0.25, -0.2) is 4.98 Å². The number of halogens is 1. The molecule has 1 aliphatic heterocycles. The molecule has 0 spiro atoms. The molecule has 0 amide bonds. The fraction of sp³-hybridized carbons (Fsp3) is 0.133. The van der Waals surface area contributed by atoms with Crippen molar-refractivity contribution in [1.82, 2.24) is 9.97 Å². The molecule has 94 valence electrons. The van der Waals surface area contributed by atoms with Crippen LogP contribution < -0.4 is 5.32 Å². The van der Waals surface area contributed by atoms with Crippen LogP contribution in [-0.4, -0.2) is 16.5 Å². The van der Waals surface area contributed by atoms with Gasteiger partial charge in [-0.2, -0.15) is 0 Å². The molecule has 2 heterocycles. The Balaban J connectivity index is 1.83. The number of nitrogens with one attached hydrogen (secondary N) is 2. The highest BCUT2D eigenvalue weighted by Gasteiger charge is 2.25. The van der Waals surface area contributed by atoms with E-state index in [2.05, 4.69) is 33.5 Å². The van der Waals surface area contributed by atoms with Gasteiger partial charge < -0.3 is 10.3 Å². The summed E-state index contributed by atoms with van der Waals surface area (Å²) in [5, 5.41) is 4.15. The fourth-order valence-corrected chi connectivity index (χ4v) is 2.87. The number of nitrogens with zero attached hydrogens (tertiary/aromatic N) is 1. The largest absolute Gasteiger partial charge is 0.384 e. The maximum absolute atomic E-state index is 6.01. The number of benzene rings is 2. The summed E-state index contributed by atoms with van der Waals surface area (Å²) in [6.07, 6.45) is 0. The third-order valence-electron chi connectivity index (χ3n) is 3.63. The highest BCUT2D eigenvalue weighted by Crippen LogP contribution is 2.35. The van der Waals surface area contributed by atoms with E-state index in [9.17, 15) is 0 Å². The predicted molar refractivity (Wildman–Crippen MR) is 77.9 cm³/mol. The van der Waals surface area contributed by atoms with E-state index in [0.29, 0.717) is 0 Å². The van der Waals surface area contributed by atoms with Gasteiger partial charge in [-0.3, -0.25) is 0 Å². The average molecular weight is 270 g/mol. The number of anilines is 1. The molecule has 1 aliphatic rings. The van der Waals surface area contributed by atoms with Crippen molar-refractivity contribution in [3.8, 4) is 0 Å². The zero-order valence-corrected chi connectivity index (χ0v) is 10.9. The van der Waals surface area contributed by atoms with E-state index in [-0.39, 0.29) is 5.92 Å². The van der Waals surface area contributed by atoms with Crippen LogP contribution in [0.3, 0.4) is 0 Å². The monoisotopic (exact) mass is 269 g/mol. The number of hydrogen-bond acceptors (Lipinski definition) is 2. The zero-order valence-electron chi connectivity index (χ0n) is 10.2. The molecule has 4 heteroatoms. The van der Waals surface area contributed by atoms with E-state index in [1.165, 1.54) is 11.3 Å². The first-order valence-corrected chi connectivity index (χ1v) is 6.67. The molecule has 0 fully saturated rings. The number of fused-ring (bicyclic) bond motifs is 2. The maximum Gasteiger partial charge on any atom is 0.116 e. The number of hydrogen-bond donors (Lipinski definition) is 2. The van der Waals surface area contributed by atoms with Crippen molar-refractivity contribution >= 4 is 28.3 Å². The quantitative estimate of drug-likeness (QED) is 0.706. The predicted octanol–water partition coefficient (Wildman–Crippen LogP) is 3.77. The van der Waals surface area contributed by atoms with Gasteiger partial charge >= 0.3 is 0 Å². The third-order valence-corrected chi connectivity index (χ3v) is 3.86. The lowest BCUT2D eigenvalue weighted by Crippen LogP contribution is -2.05. The van der Waals surface area contributed by atoms with Crippen molar-refractivity contribution < 1.29 is 0 Å². The van der Waals surface area contributed by atoms with Gasteiger partial charge in [-0.05, 0) is 29.8 Å². The molecule has 0 saturated carbocycles. The molecule has 0 saturated heterocycles. The van der Waals surface area contributed by atoms with Crippen molar-refractivity contribution in [1.29, 1.82) is 0 Å². The van der Waals surface area contributed by atoms with Gasteiger partial charge in [0.1, 0.15) is 5.82 Å². The Morgan fingerprint density at radius 2 is 2.05 bits per heavy atom. The summed E-state index contributed by atoms with van der Waals surface area (Å²) >= 11 is 6.01. The molecule has 2 aromatic carbocycles. The first kappa shape index (κ1) is 10.9. The van der Waals surface area contributed by atoms with Crippen LogP contribution in [0.25, 0.3) is 11.0 Å². The molecule has 3 nitrogen and oxygen atoms in total. The highest BCUT2D eigenvalue weighted by molar-refractivity contribution is 6.31. The van der Waals surface area contributed by atoms with Crippen LogP contribution in [0.4, 0.5) is 5.69 Å². The van der Waals surface area contributed by atoms with Gasteiger partial charge in [0, 0.05) is 17.3 Å². The Labute approximate surface area is 115 Å². The standard InChI is InChI=1S/C15H12ClN3/c16-9-5-6-13-14(7-9)19-15(18-13)11-8-17-12-4-2-1-3-10(11)12/h1-7,11,17H,8H2,(H,18,19). The second kappa shape index (κ2) is 4.00. The Bertz CT molecular complexity index is 763. The molecular weight excluding hydrogens is 258 g/mol. The number of rotatable bonds is 1. The van der Waals surface area contributed by atoms with E-state index in [1.807, 2.05) is 24.3 Å². The summed E-state index contributed by atoms with van der Waals surface area (Å²) in [7, 11) is 0. The first-order chi connectivity index (χ1) is 9.31. The smallest absolute Gasteiger partial charge is 0.116 e. The van der Waals surface area contributed by atoms with Crippen LogP contribution in [0.1, 0.15) is 17.3 Å². The topological polar surface area (TPSA) is 40.7 Å². The Hall–Kier alpha value is -2.00. The van der Waals surface area contributed by atoms with Gasteiger partial charge in [0.2, 0.25) is 0 Å². The van der Waals surface area contributed by atoms with Gasteiger partial charge in [-0.15, -0.1) is 0 Å². The lowest BCUT2D eigenvalue weighted by molar-refractivity contribution is 0.836. The van der Waals surface area contributed by atoms with Crippen LogP contribution in [0.15, 0.2) is 42.5 Å². The molecule has 3 aromatic rings. The molecule has 0 radical (unpaired) electrons. The van der Waals surface area contributed by atoms with Crippen LogP contribution in [0.2, 0.25) is 5.02 Å². The molecule has 4 rings (SSSR count). The second-order valence-electron chi connectivity index (χ2n) is 4.80. The van der Waals surface area contributed by atoms with E-state index in [4.69, 9.17) is 11.6 Å². The summed E-state index contributed by atoms with van der Waals surface area (Å²) < 4.78 is 0. The number of aromatic nitrogens is 2. The van der Waals surface area contributed by atoms with Crippen molar-refractivity contribution in [3.05, 3.63) is 58.9 Å². The summed E-state index contributed by atoms with van der Waals surface area (Å²) in [5.41, 5.74) is 4.45. The van der Waals surface area contributed by atoms with Crippen LogP contribution >= 0.6 is 11.6 Å². The van der Waals surface area contributed by atoms with E-state index >= 15 is 0 Å². The zero-order chi connectivity index (χ0) is 12.8. The molecule has 1 unspecified atom stereocenters. The van der Waals surface area contributed by atoms with Gasteiger partial charge in [-0.1, -0.05) is 29.8 Å². The van der Waals surface area contributed by atoms with Crippen molar-refractivity contribution in [2.24, 2.45) is 0 Å². The Morgan fingerprint density at radius 3 is 3.00 bits per heavy atom. The minimum absolute atomic E-state index is 0.280. The number of H-pyrrole nitrogens is 1. The summed E-state index contributed by atoms with van der Waals surface area (Å²) in [4.78, 5) is 8.06. The lowest BCUT2D eigenvalue weighted by Gasteiger charge is -2.05. The number of imidazole rings is 1. The lowest BCUT2D eigenvalue weighted by atomic mass is 10.0. The first-order valence-electron chi connectivity index (χ1n) is 6.29. The molecule has 2 N–H and O–H groups in total. The molecule has 0 bridgehead atoms. The van der Waals surface area contributed by atoms with E-state index in [1.54, 1.807) is 0 Å². The van der Waals surface area contributed by atoms with Gasteiger partial charge in [0.25, 0.3) is 0 Å². The van der Waals surface area contributed by atoms with Crippen LogP contribution in [0, 0.1) is 0 Å². The van der Waals surface area contributed by atoms with Crippen LogP contribution in [-0.2, 0) is 0 Å². The van der Waals surface area contributed by atoms with Gasteiger partial charge in [0.15, 0.2) is 0 Å². The highest BCUT2D eigenvalue weighted by atomic mass is 35.5. The Morgan fingerprint density at radius 1 is 1.16 bits per heavy atom. The Kier molecular flexibility index (Phi) is 2.29. The minimum Gasteiger partial charge on any atom is -0.384 e. The number of aromatic amines is 1. The molecule has 1 aromatic heterocycles. The minimum atomic E-state index is 0.280. The third kappa shape index (κ3) is 1.70. The fourth-order valence-electron chi connectivity index (χ4n) is 2.69. The van der Waals surface area contributed by atoms with Crippen LogP contribution in [0.5, 0.6) is 0 Å². The normalized spacial score (nSPS) is 17.4. The molecule has 0 aliphatic carbocycles. The molecule has 1 atom stereocenters. The molecule has 19 heavy (non-hydrogen) atoms. The second-order valence-corrected chi connectivity index (χ2v) is 5.24. The number of para-hydroxylation sites is 1. The average Bonchev–Trinajstić information content (AvgIpc) is 3.00. The summed E-state index contributed by atoms with van der Waals surface area (Å²) in [5.74, 6) is 1.28. The summed E-state index contributed by atoms with van der Waals surface area (Å²) in [6.45, 7) is 0.882. The maximum atomic E-state index is 6.01. The summed E-state index contributed by atoms with van der Waals surface area (Å²) in [6, 6.07) is 14.1. The SMILES string of the molecule is Clc1ccc2nc(C3CNc4ccccc43)[nH]c2c1.